The van der Waals surface area contributed by atoms with Crippen molar-refractivity contribution in [3.05, 3.63) is 48.0 Å². The monoisotopic (exact) mass is 319 g/mol. The first-order valence-electron chi connectivity index (χ1n) is 6.08. The quantitative estimate of drug-likeness (QED) is 0.492. The fourth-order valence-electron chi connectivity index (χ4n) is 2.09. The molecule has 0 saturated heterocycles. The van der Waals surface area contributed by atoms with E-state index in [1.165, 1.54) is 0 Å². The number of rotatable bonds is 4. The van der Waals surface area contributed by atoms with Crippen LogP contribution in [0.4, 0.5) is 0 Å². The van der Waals surface area contributed by atoms with Gasteiger partial charge in [0.2, 0.25) is 0 Å². The highest BCUT2D eigenvalue weighted by atomic mass is 32.2. The Bertz CT molecular complexity index is 805. The van der Waals surface area contributed by atoms with Gasteiger partial charge in [0.15, 0.2) is 0 Å². The highest BCUT2D eigenvalue weighted by Crippen LogP contribution is 2.32. The van der Waals surface area contributed by atoms with E-state index in [1.54, 1.807) is 36.9 Å². The second-order valence-electron chi connectivity index (χ2n) is 4.34. The summed E-state index contributed by atoms with van der Waals surface area (Å²) in [7, 11) is -4.04. The molecule has 0 aliphatic heterocycles. The Labute approximate surface area is 128 Å². The van der Waals surface area contributed by atoms with E-state index in [1.807, 2.05) is 30.5 Å². The van der Waals surface area contributed by atoms with Crippen LogP contribution in [0.25, 0.3) is 11.1 Å². The van der Waals surface area contributed by atoms with Crippen molar-refractivity contribution in [1.82, 2.24) is 0 Å². The van der Waals surface area contributed by atoms with Crippen LogP contribution in [0, 0.1) is 6.92 Å². The number of thioether (sulfide) groups is 1. The summed E-state index contributed by atoms with van der Waals surface area (Å²) >= 11 is 1.61. The molecule has 0 spiro atoms. The van der Waals surface area contributed by atoms with Crippen molar-refractivity contribution in [2.45, 2.75) is 16.7 Å². The maximum Gasteiger partial charge on any atom is 0.293 e. The SMILES string of the molecule is CSc1ccc(-c2cccc(C)c2S(=O)(=O)N=C=O)cc1. The minimum absolute atomic E-state index is 0.0465. The second-order valence-corrected chi connectivity index (χ2v) is 6.76. The van der Waals surface area contributed by atoms with Crippen molar-refractivity contribution in [3.63, 3.8) is 0 Å². The van der Waals surface area contributed by atoms with Gasteiger partial charge in [-0.2, -0.15) is 8.42 Å². The van der Waals surface area contributed by atoms with Gasteiger partial charge >= 0.3 is 0 Å². The molecule has 0 fully saturated rings. The van der Waals surface area contributed by atoms with E-state index in [4.69, 9.17) is 0 Å². The summed E-state index contributed by atoms with van der Waals surface area (Å²) in [6.45, 7) is 1.67. The zero-order valence-electron chi connectivity index (χ0n) is 11.5. The number of isocyanates is 1. The van der Waals surface area contributed by atoms with Gasteiger partial charge in [-0.3, -0.25) is 0 Å². The Morgan fingerprint density at radius 2 is 1.76 bits per heavy atom. The third-order valence-corrected chi connectivity index (χ3v) is 5.14. The van der Waals surface area contributed by atoms with Crippen molar-refractivity contribution in [2.75, 3.05) is 6.26 Å². The molecule has 0 N–H and O–H groups in total. The van der Waals surface area contributed by atoms with E-state index in [2.05, 4.69) is 4.40 Å². The van der Waals surface area contributed by atoms with Crippen LogP contribution < -0.4 is 0 Å². The summed E-state index contributed by atoms with van der Waals surface area (Å²) in [5.41, 5.74) is 1.83. The van der Waals surface area contributed by atoms with Gasteiger partial charge in [-0.1, -0.05) is 34.7 Å². The molecular weight excluding hydrogens is 306 g/mol. The van der Waals surface area contributed by atoms with Gasteiger partial charge in [0.25, 0.3) is 16.1 Å². The fraction of sp³-hybridized carbons (Fsp3) is 0.133. The average molecular weight is 319 g/mol. The first-order chi connectivity index (χ1) is 9.99. The summed E-state index contributed by atoms with van der Waals surface area (Å²) < 4.78 is 27.2. The van der Waals surface area contributed by atoms with Gasteiger partial charge in [0, 0.05) is 10.5 Å². The van der Waals surface area contributed by atoms with E-state index < -0.39 is 10.0 Å². The zero-order valence-corrected chi connectivity index (χ0v) is 13.2. The molecule has 2 rings (SSSR count). The van der Waals surface area contributed by atoms with Crippen LogP contribution >= 0.6 is 11.8 Å². The number of nitrogens with zero attached hydrogens (tertiary/aromatic N) is 1. The molecule has 0 atom stereocenters. The molecule has 0 aliphatic rings. The summed E-state index contributed by atoms with van der Waals surface area (Å²) in [6, 6.07) is 12.7. The van der Waals surface area contributed by atoms with Crippen LogP contribution in [0.2, 0.25) is 0 Å². The lowest BCUT2D eigenvalue weighted by Crippen LogP contribution is -2.02. The van der Waals surface area contributed by atoms with Gasteiger partial charge in [-0.25, -0.2) is 4.79 Å². The van der Waals surface area contributed by atoms with E-state index in [0.717, 1.165) is 16.5 Å². The summed E-state index contributed by atoms with van der Waals surface area (Å²) in [6.07, 6.45) is 3.08. The predicted molar refractivity (Wildman–Crippen MR) is 83.7 cm³/mol. The van der Waals surface area contributed by atoms with E-state index >= 15 is 0 Å². The molecule has 0 bridgehead atoms. The lowest BCUT2D eigenvalue weighted by molar-refractivity contribution is 0.563. The highest BCUT2D eigenvalue weighted by molar-refractivity contribution is 7.98. The molecular formula is C15H13NO3S2. The van der Waals surface area contributed by atoms with Crippen LogP contribution in [-0.4, -0.2) is 20.8 Å². The average Bonchev–Trinajstić information content (AvgIpc) is 2.46. The van der Waals surface area contributed by atoms with E-state index in [9.17, 15) is 13.2 Å². The predicted octanol–water partition coefficient (Wildman–Crippen LogP) is 3.41. The Morgan fingerprint density at radius 1 is 1.10 bits per heavy atom. The van der Waals surface area contributed by atoms with Crippen molar-refractivity contribution in [2.24, 2.45) is 4.40 Å². The molecule has 0 amide bonds. The summed E-state index contributed by atoms with van der Waals surface area (Å²) in [5.74, 6) is 0. The van der Waals surface area contributed by atoms with Crippen molar-refractivity contribution in [1.29, 1.82) is 0 Å². The van der Waals surface area contributed by atoms with Crippen molar-refractivity contribution < 1.29 is 13.2 Å². The van der Waals surface area contributed by atoms with Crippen LogP contribution in [0.3, 0.4) is 0 Å². The van der Waals surface area contributed by atoms with Crippen LogP contribution in [0.1, 0.15) is 5.56 Å². The molecule has 0 unspecified atom stereocenters. The van der Waals surface area contributed by atoms with Gasteiger partial charge in [0.05, 0.1) is 0 Å². The van der Waals surface area contributed by atoms with Gasteiger partial charge in [-0.05, 0) is 36.4 Å². The number of hydrogen-bond acceptors (Lipinski definition) is 4. The van der Waals surface area contributed by atoms with Crippen LogP contribution in [-0.2, 0) is 14.8 Å². The first kappa shape index (κ1) is 15.5. The molecule has 6 heteroatoms. The lowest BCUT2D eigenvalue weighted by Gasteiger charge is -2.10. The summed E-state index contributed by atoms with van der Waals surface area (Å²) in [5, 5.41) is 0. The number of carbonyl (C=O) groups excluding carboxylic acids is 1. The van der Waals surface area contributed by atoms with Crippen molar-refractivity contribution >= 4 is 27.9 Å². The molecule has 0 aromatic heterocycles. The third kappa shape index (κ3) is 3.24. The molecule has 2 aromatic carbocycles. The van der Waals surface area contributed by atoms with Crippen LogP contribution in [0.15, 0.2) is 56.7 Å². The van der Waals surface area contributed by atoms with Crippen LogP contribution in [0.5, 0.6) is 0 Å². The summed E-state index contributed by atoms with van der Waals surface area (Å²) in [4.78, 5) is 11.5. The fourth-order valence-corrected chi connectivity index (χ4v) is 3.62. The largest absolute Gasteiger partial charge is 0.293 e. The molecule has 4 nitrogen and oxygen atoms in total. The number of aryl methyl sites for hydroxylation is 1. The Kier molecular flexibility index (Phi) is 4.63. The molecule has 0 heterocycles. The Morgan fingerprint density at radius 3 is 2.33 bits per heavy atom. The molecule has 0 aliphatic carbocycles. The standard InChI is InChI=1S/C15H13NO3S2/c1-11-4-3-5-14(15(11)21(18,19)16-10-17)12-6-8-13(20-2)9-7-12/h3-9H,1-2H3. The smallest absolute Gasteiger partial charge is 0.210 e. The molecule has 0 radical (unpaired) electrons. The number of hydrogen-bond donors (Lipinski definition) is 0. The van der Waals surface area contributed by atoms with E-state index in [-0.39, 0.29) is 4.90 Å². The van der Waals surface area contributed by atoms with Gasteiger partial charge in [-0.15, -0.1) is 11.8 Å². The third-order valence-electron chi connectivity index (χ3n) is 3.03. The highest BCUT2D eigenvalue weighted by Gasteiger charge is 2.21. The first-order valence-corrected chi connectivity index (χ1v) is 8.74. The molecule has 0 saturated carbocycles. The molecule has 108 valence electrons. The topological polar surface area (TPSA) is 63.6 Å². The molecule has 2 aromatic rings. The Balaban J connectivity index is 2.69. The number of sulfonamides is 1. The number of benzene rings is 2. The van der Waals surface area contributed by atoms with Gasteiger partial charge < -0.3 is 0 Å². The minimum atomic E-state index is -4.04. The normalized spacial score (nSPS) is 11.0. The van der Waals surface area contributed by atoms with E-state index in [0.29, 0.717) is 11.1 Å². The van der Waals surface area contributed by atoms with Crippen molar-refractivity contribution in [3.8, 4) is 11.1 Å². The minimum Gasteiger partial charge on any atom is -0.210 e. The lowest BCUT2D eigenvalue weighted by atomic mass is 10.0. The maximum atomic E-state index is 12.1. The maximum absolute atomic E-state index is 12.1. The Hall–Kier alpha value is -1.88. The van der Waals surface area contributed by atoms with Gasteiger partial charge in [0.1, 0.15) is 4.90 Å². The second kappa shape index (κ2) is 6.26. The zero-order chi connectivity index (χ0) is 15.5. The molecule has 21 heavy (non-hydrogen) atoms.